The van der Waals surface area contributed by atoms with Gasteiger partial charge in [-0.15, -0.1) is 12.4 Å². The second-order valence-electron chi connectivity index (χ2n) is 6.89. The molecule has 1 aromatic carbocycles. The third-order valence-electron chi connectivity index (χ3n) is 5.12. The molecule has 0 spiro atoms. The van der Waals surface area contributed by atoms with Crippen LogP contribution in [-0.2, 0) is 6.42 Å². The molecular weight excluding hydrogens is 341 g/mol. The number of aryl methyl sites for hydroxylation is 1. The van der Waals surface area contributed by atoms with Gasteiger partial charge in [-0.2, -0.15) is 0 Å². The Morgan fingerprint density at radius 2 is 1.48 bits per heavy atom. The highest BCUT2D eigenvalue weighted by Crippen LogP contribution is 2.13. The first-order valence-corrected chi connectivity index (χ1v) is 9.23. The number of likely N-dealkylation sites (tertiary alicyclic amines) is 1. The Labute approximate surface area is 156 Å². The van der Waals surface area contributed by atoms with Crippen molar-refractivity contribution in [1.29, 1.82) is 0 Å². The van der Waals surface area contributed by atoms with E-state index in [2.05, 4.69) is 4.90 Å². The van der Waals surface area contributed by atoms with Crippen molar-refractivity contribution < 1.29 is 9.18 Å². The minimum atomic E-state index is -0.167. The Kier molecular flexibility index (Phi) is 7.97. The van der Waals surface area contributed by atoms with Crippen LogP contribution in [0.1, 0.15) is 31.2 Å². The number of benzene rings is 1. The Balaban J connectivity index is 0.00000225. The van der Waals surface area contributed by atoms with E-state index in [1.165, 1.54) is 17.7 Å². The lowest BCUT2D eigenvalue weighted by Crippen LogP contribution is -2.52. The molecule has 3 rings (SSSR count). The number of unbranched alkanes of at least 4 members (excludes halogenated alkanes) is 1. The second kappa shape index (κ2) is 9.97. The van der Waals surface area contributed by atoms with Gasteiger partial charge in [-0.1, -0.05) is 12.1 Å². The zero-order chi connectivity index (χ0) is 16.8. The first-order valence-electron chi connectivity index (χ1n) is 9.23. The van der Waals surface area contributed by atoms with Crippen LogP contribution in [0, 0.1) is 5.82 Å². The van der Waals surface area contributed by atoms with E-state index < -0.39 is 0 Å². The summed E-state index contributed by atoms with van der Waals surface area (Å²) >= 11 is 0. The van der Waals surface area contributed by atoms with E-state index in [9.17, 15) is 9.18 Å². The predicted octanol–water partition coefficient (Wildman–Crippen LogP) is 3.40. The van der Waals surface area contributed by atoms with E-state index in [-0.39, 0.29) is 24.3 Å². The molecule has 2 saturated heterocycles. The lowest BCUT2D eigenvalue weighted by molar-refractivity contribution is 0.117. The van der Waals surface area contributed by atoms with Crippen molar-refractivity contribution in [3.8, 4) is 0 Å². The SMILES string of the molecule is Cl.O=C(N1CCCC1)N1CCN(CCCCc2ccc(F)cc2)CC1. The monoisotopic (exact) mass is 369 g/mol. The highest BCUT2D eigenvalue weighted by Gasteiger charge is 2.26. The topological polar surface area (TPSA) is 26.8 Å². The van der Waals surface area contributed by atoms with Gasteiger partial charge in [-0.25, -0.2) is 9.18 Å². The Bertz CT molecular complexity index is 526. The van der Waals surface area contributed by atoms with Crippen LogP contribution >= 0.6 is 12.4 Å². The summed E-state index contributed by atoms with van der Waals surface area (Å²) in [6.07, 6.45) is 5.59. The number of urea groups is 1. The molecule has 4 nitrogen and oxygen atoms in total. The van der Waals surface area contributed by atoms with Crippen LogP contribution in [0.15, 0.2) is 24.3 Å². The van der Waals surface area contributed by atoms with Crippen molar-refractivity contribution in [3.63, 3.8) is 0 Å². The molecule has 0 atom stereocenters. The molecule has 2 aliphatic heterocycles. The fourth-order valence-electron chi connectivity index (χ4n) is 3.59. The zero-order valence-electron chi connectivity index (χ0n) is 14.8. The van der Waals surface area contributed by atoms with E-state index in [0.29, 0.717) is 0 Å². The average molecular weight is 370 g/mol. The van der Waals surface area contributed by atoms with E-state index in [1.54, 1.807) is 0 Å². The van der Waals surface area contributed by atoms with Gasteiger partial charge in [0, 0.05) is 39.3 Å². The van der Waals surface area contributed by atoms with Gasteiger partial charge in [0.25, 0.3) is 0 Å². The second-order valence-corrected chi connectivity index (χ2v) is 6.89. The molecule has 0 unspecified atom stereocenters. The van der Waals surface area contributed by atoms with Gasteiger partial charge >= 0.3 is 6.03 Å². The summed E-state index contributed by atoms with van der Waals surface area (Å²) in [7, 11) is 0. The lowest BCUT2D eigenvalue weighted by Gasteiger charge is -2.36. The van der Waals surface area contributed by atoms with Crippen molar-refractivity contribution in [2.24, 2.45) is 0 Å². The zero-order valence-corrected chi connectivity index (χ0v) is 15.6. The fraction of sp³-hybridized carbons (Fsp3) is 0.632. The maximum absolute atomic E-state index is 12.9. The van der Waals surface area contributed by atoms with Crippen LogP contribution in [0.5, 0.6) is 0 Å². The van der Waals surface area contributed by atoms with Crippen LogP contribution in [0.25, 0.3) is 0 Å². The molecule has 6 heteroatoms. The molecule has 2 amide bonds. The largest absolute Gasteiger partial charge is 0.325 e. The van der Waals surface area contributed by atoms with E-state index in [4.69, 9.17) is 0 Å². The maximum atomic E-state index is 12.9. The number of halogens is 2. The fourth-order valence-corrected chi connectivity index (χ4v) is 3.59. The Morgan fingerprint density at radius 3 is 2.12 bits per heavy atom. The molecule has 25 heavy (non-hydrogen) atoms. The van der Waals surface area contributed by atoms with Gasteiger partial charge in [0.2, 0.25) is 0 Å². The standard InChI is InChI=1S/C19H28FN3O.ClH/c20-18-8-6-17(7-9-18)5-1-2-10-21-13-15-23(16-14-21)19(24)22-11-3-4-12-22;/h6-9H,1-5,10-16H2;1H. The van der Waals surface area contributed by atoms with Crippen LogP contribution < -0.4 is 0 Å². The number of hydrogen-bond donors (Lipinski definition) is 0. The Morgan fingerprint density at radius 1 is 0.880 bits per heavy atom. The third-order valence-corrected chi connectivity index (χ3v) is 5.12. The molecule has 0 saturated carbocycles. The van der Waals surface area contributed by atoms with Gasteiger partial charge in [0.15, 0.2) is 0 Å². The summed E-state index contributed by atoms with van der Waals surface area (Å²) in [4.78, 5) is 18.8. The lowest BCUT2D eigenvalue weighted by atomic mass is 10.1. The number of nitrogens with zero attached hydrogens (tertiary/aromatic N) is 3. The summed E-state index contributed by atoms with van der Waals surface area (Å²) < 4.78 is 12.9. The van der Waals surface area contributed by atoms with Gasteiger partial charge < -0.3 is 9.80 Å². The van der Waals surface area contributed by atoms with Crippen molar-refractivity contribution in [2.45, 2.75) is 32.1 Å². The summed E-state index contributed by atoms with van der Waals surface area (Å²) in [6.45, 7) is 6.63. The molecule has 1 aromatic rings. The molecule has 0 aromatic heterocycles. The quantitative estimate of drug-likeness (QED) is 0.744. The first kappa shape index (κ1) is 20.0. The van der Waals surface area contributed by atoms with Crippen molar-refractivity contribution in [3.05, 3.63) is 35.6 Å². The number of carbonyl (C=O) groups is 1. The summed E-state index contributed by atoms with van der Waals surface area (Å²) in [5.41, 5.74) is 1.21. The van der Waals surface area contributed by atoms with Gasteiger partial charge in [-0.05, 0) is 56.3 Å². The third kappa shape index (κ3) is 5.86. The molecule has 0 N–H and O–H groups in total. The number of amides is 2. The van der Waals surface area contributed by atoms with Gasteiger partial charge in [0.05, 0.1) is 0 Å². The smallest absolute Gasteiger partial charge is 0.320 e. The first-order chi connectivity index (χ1) is 11.7. The van der Waals surface area contributed by atoms with E-state index in [0.717, 1.165) is 77.9 Å². The number of piperazine rings is 1. The van der Waals surface area contributed by atoms with Crippen LogP contribution in [0.4, 0.5) is 9.18 Å². The molecule has 0 radical (unpaired) electrons. The molecule has 2 aliphatic rings. The maximum Gasteiger partial charge on any atom is 0.320 e. The minimum Gasteiger partial charge on any atom is -0.325 e. The van der Waals surface area contributed by atoms with Gasteiger partial charge in [0.1, 0.15) is 5.82 Å². The number of carbonyl (C=O) groups excluding carboxylic acids is 1. The molecule has 0 aliphatic carbocycles. The van der Waals surface area contributed by atoms with Crippen LogP contribution in [-0.4, -0.2) is 66.5 Å². The Hall–Kier alpha value is -1.33. The molecular formula is C19H29ClFN3O. The molecule has 2 heterocycles. The minimum absolute atomic E-state index is 0. The highest BCUT2D eigenvalue weighted by atomic mass is 35.5. The van der Waals surface area contributed by atoms with Crippen molar-refractivity contribution >= 4 is 18.4 Å². The van der Waals surface area contributed by atoms with E-state index in [1.807, 2.05) is 21.9 Å². The van der Waals surface area contributed by atoms with Crippen molar-refractivity contribution in [2.75, 3.05) is 45.8 Å². The van der Waals surface area contributed by atoms with Crippen LogP contribution in [0.3, 0.4) is 0 Å². The van der Waals surface area contributed by atoms with Gasteiger partial charge in [-0.3, -0.25) is 4.90 Å². The normalized spacial score (nSPS) is 18.3. The highest BCUT2D eigenvalue weighted by molar-refractivity contribution is 5.85. The van der Waals surface area contributed by atoms with E-state index >= 15 is 0 Å². The molecule has 0 bridgehead atoms. The molecule has 2 fully saturated rings. The number of hydrogen-bond acceptors (Lipinski definition) is 2. The summed E-state index contributed by atoms with van der Waals surface area (Å²) in [5, 5.41) is 0. The predicted molar refractivity (Wildman–Crippen MR) is 101 cm³/mol. The summed E-state index contributed by atoms with van der Waals surface area (Å²) in [6, 6.07) is 7.05. The number of rotatable bonds is 5. The van der Waals surface area contributed by atoms with Crippen molar-refractivity contribution in [1.82, 2.24) is 14.7 Å². The molecule has 140 valence electrons. The van der Waals surface area contributed by atoms with Crippen LogP contribution in [0.2, 0.25) is 0 Å². The summed E-state index contributed by atoms with van der Waals surface area (Å²) in [5.74, 6) is -0.167. The average Bonchev–Trinajstić information content (AvgIpc) is 3.15.